The maximum Gasteiger partial charge on any atom is 0.276 e. The third kappa shape index (κ3) is 3.11. The number of nitrogen functional groups attached to an aromatic ring is 1. The Morgan fingerprint density at radius 1 is 1.53 bits per heavy atom. The number of nitro groups is 1. The first-order chi connectivity index (χ1) is 8.97. The van der Waals surface area contributed by atoms with Crippen molar-refractivity contribution in [3.63, 3.8) is 0 Å². The fourth-order valence-corrected chi connectivity index (χ4v) is 2.37. The van der Waals surface area contributed by atoms with Gasteiger partial charge in [0.25, 0.3) is 5.69 Å². The molecule has 1 aliphatic heterocycles. The lowest BCUT2D eigenvalue weighted by atomic mass is 10.0. The van der Waals surface area contributed by atoms with Gasteiger partial charge in [-0.3, -0.25) is 10.1 Å². The van der Waals surface area contributed by atoms with Crippen LogP contribution in [0.1, 0.15) is 12.8 Å². The summed E-state index contributed by atoms with van der Waals surface area (Å²) in [5.41, 5.74) is 5.64. The van der Waals surface area contributed by atoms with Gasteiger partial charge in [0, 0.05) is 19.1 Å². The van der Waals surface area contributed by atoms with Crippen molar-refractivity contribution >= 4 is 17.3 Å². The SMILES string of the molecule is CN(C)C1CCCN(c2cc([N+](=O)[O-])cc(N)n2)C1. The van der Waals surface area contributed by atoms with Crippen LogP contribution in [0.4, 0.5) is 17.3 Å². The van der Waals surface area contributed by atoms with Crippen molar-refractivity contribution < 1.29 is 4.92 Å². The first kappa shape index (κ1) is 13.5. The molecule has 0 aromatic carbocycles. The van der Waals surface area contributed by atoms with E-state index in [1.165, 1.54) is 12.1 Å². The molecule has 1 aliphatic rings. The third-order valence-electron chi connectivity index (χ3n) is 3.48. The average Bonchev–Trinajstić information content (AvgIpc) is 2.38. The van der Waals surface area contributed by atoms with Crippen molar-refractivity contribution in [1.29, 1.82) is 0 Å². The van der Waals surface area contributed by atoms with Gasteiger partial charge in [-0.05, 0) is 26.9 Å². The normalized spacial score (nSPS) is 19.7. The number of hydrogen-bond acceptors (Lipinski definition) is 6. The number of pyridine rings is 1. The van der Waals surface area contributed by atoms with Crippen molar-refractivity contribution in [3.8, 4) is 0 Å². The molecule has 19 heavy (non-hydrogen) atoms. The van der Waals surface area contributed by atoms with Crippen LogP contribution < -0.4 is 10.6 Å². The molecule has 0 saturated carbocycles. The highest BCUT2D eigenvalue weighted by Gasteiger charge is 2.23. The molecule has 1 aromatic heterocycles. The zero-order chi connectivity index (χ0) is 14.0. The molecular formula is C12H19N5O2. The van der Waals surface area contributed by atoms with Crippen molar-refractivity contribution in [2.24, 2.45) is 0 Å². The number of rotatable bonds is 3. The number of anilines is 2. The van der Waals surface area contributed by atoms with Crippen molar-refractivity contribution in [2.75, 3.05) is 37.8 Å². The van der Waals surface area contributed by atoms with Gasteiger partial charge in [0.1, 0.15) is 11.6 Å². The largest absolute Gasteiger partial charge is 0.383 e. The van der Waals surface area contributed by atoms with E-state index >= 15 is 0 Å². The Hall–Kier alpha value is -1.89. The average molecular weight is 265 g/mol. The van der Waals surface area contributed by atoms with Gasteiger partial charge in [-0.1, -0.05) is 0 Å². The van der Waals surface area contributed by atoms with Crippen LogP contribution in [-0.4, -0.2) is 48.0 Å². The Morgan fingerprint density at radius 3 is 2.89 bits per heavy atom. The van der Waals surface area contributed by atoms with Gasteiger partial charge in [-0.15, -0.1) is 0 Å². The number of hydrogen-bond donors (Lipinski definition) is 1. The van der Waals surface area contributed by atoms with Crippen molar-refractivity contribution in [3.05, 3.63) is 22.2 Å². The minimum absolute atomic E-state index is 0.00511. The van der Waals surface area contributed by atoms with E-state index in [9.17, 15) is 10.1 Å². The molecule has 0 aliphatic carbocycles. The van der Waals surface area contributed by atoms with Gasteiger partial charge in [-0.2, -0.15) is 0 Å². The van der Waals surface area contributed by atoms with Gasteiger partial charge in [0.2, 0.25) is 0 Å². The summed E-state index contributed by atoms with van der Waals surface area (Å²) in [5.74, 6) is 0.787. The molecule has 104 valence electrons. The Bertz CT molecular complexity index is 477. The van der Waals surface area contributed by atoms with Crippen LogP contribution in [0.25, 0.3) is 0 Å². The fourth-order valence-electron chi connectivity index (χ4n) is 2.37. The Morgan fingerprint density at radius 2 is 2.26 bits per heavy atom. The summed E-state index contributed by atoms with van der Waals surface area (Å²) in [5, 5.41) is 10.9. The fraction of sp³-hybridized carbons (Fsp3) is 0.583. The van der Waals surface area contributed by atoms with E-state index < -0.39 is 4.92 Å². The standard InChI is InChI=1S/C12H19N5O2/c1-15(2)9-4-3-5-16(8-9)12-7-10(17(18)19)6-11(13)14-12/h6-7,9H,3-5,8H2,1-2H3,(H2,13,14). The topological polar surface area (TPSA) is 88.5 Å². The molecule has 0 amide bonds. The molecular weight excluding hydrogens is 246 g/mol. The molecule has 1 saturated heterocycles. The number of nitrogens with two attached hydrogens (primary N) is 1. The minimum Gasteiger partial charge on any atom is -0.383 e. The molecule has 2 N–H and O–H groups in total. The van der Waals surface area contributed by atoms with Crippen molar-refractivity contribution in [1.82, 2.24) is 9.88 Å². The van der Waals surface area contributed by atoms with E-state index in [0.717, 1.165) is 25.9 Å². The Balaban J connectivity index is 2.23. The molecule has 0 spiro atoms. The zero-order valence-corrected chi connectivity index (χ0v) is 11.2. The molecule has 1 fully saturated rings. The van der Waals surface area contributed by atoms with Crippen molar-refractivity contribution in [2.45, 2.75) is 18.9 Å². The number of aromatic nitrogens is 1. The summed E-state index contributed by atoms with van der Waals surface area (Å²) in [7, 11) is 4.09. The number of likely N-dealkylation sites (N-methyl/N-ethyl adjacent to an activating group) is 1. The summed E-state index contributed by atoms with van der Waals surface area (Å²) < 4.78 is 0. The molecule has 0 radical (unpaired) electrons. The second-order valence-electron chi connectivity index (χ2n) is 5.07. The zero-order valence-electron chi connectivity index (χ0n) is 11.2. The highest BCUT2D eigenvalue weighted by Crippen LogP contribution is 2.25. The van der Waals surface area contributed by atoms with E-state index in [2.05, 4.69) is 14.8 Å². The molecule has 7 nitrogen and oxygen atoms in total. The summed E-state index contributed by atoms with van der Waals surface area (Å²) >= 11 is 0. The highest BCUT2D eigenvalue weighted by molar-refractivity contribution is 5.54. The first-order valence-electron chi connectivity index (χ1n) is 6.30. The van der Waals surface area contributed by atoms with E-state index in [4.69, 9.17) is 5.73 Å². The molecule has 2 heterocycles. The second-order valence-corrected chi connectivity index (χ2v) is 5.07. The summed E-state index contributed by atoms with van der Waals surface area (Å²) in [4.78, 5) is 18.9. The van der Waals surface area contributed by atoms with Gasteiger partial charge in [0.15, 0.2) is 0 Å². The third-order valence-corrected chi connectivity index (χ3v) is 3.48. The van der Waals surface area contributed by atoms with Gasteiger partial charge >= 0.3 is 0 Å². The lowest BCUT2D eigenvalue weighted by Crippen LogP contribution is -2.45. The van der Waals surface area contributed by atoms with Crippen LogP contribution in [0.3, 0.4) is 0 Å². The molecule has 0 bridgehead atoms. The molecule has 7 heteroatoms. The molecule has 1 atom stereocenters. The number of piperidine rings is 1. The number of nitrogens with zero attached hydrogens (tertiary/aromatic N) is 4. The summed E-state index contributed by atoms with van der Waals surface area (Å²) in [6, 6.07) is 3.22. The lowest BCUT2D eigenvalue weighted by Gasteiger charge is -2.36. The monoisotopic (exact) mass is 265 g/mol. The molecule has 1 unspecified atom stereocenters. The van der Waals surface area contributed by atoms with Crippen LogP contribution in [0.5, 0.6) is 0 Å². The molecule has 2 rings (SSSR count). The van der Waals surface area contributed by atoms with Crippen LogP contribution in [0.15, 0.2) is 12.1 Å². The van der Waals surface area contributed by atoms with Gasteiger partial charge < -0.3 is 15.5 Å². The summed E-state index contributed by atoms with van der Waals surface area (Å²) in [6.07, 6.45) is 2.18. The summed E-state index contributed by atoms with van der Waals surface area (Å²) in [6.45, 7) is 1.68. The maximum absolute atomic E-state index is 10.9. The second kappa shape index (κ2) is 5.40. The lowest BCUT2D eigenvalue weighted by molar-refractivity contribution is -0.384. The predicted octanol–water partition coefficient (Wildman–Crippen LogP) is 1.10. The van der Waals surface area contributed by atoms with E-state index in [1.807, 2.05) is 14.1 Å². The maximum atomic E-state index is 10.9. The van der Waals surface area contributed by atoms with Crippen LogP contribution in [0, 0.1) is 10.1 Å². The van der Waals surface area contributed by atoms with Gasteiger partial charge in [-0.25, -0.2) is 4.98 Å². The quantitative estimate of drug-likeness (QED) is 0.650. The van der Waals surface area contributed by atoms with Crippen LogP contribution in [0.2, 0.25) is 0 Å². The molecule has 1 aromatic rings. The van der Waals surface area contributed by atoms with Crippen LogP contribution in [-0.2, 0) is 0 Å². The Labute approximate surface area is 112 Å². The Kier molecular flexibility index (Phi) is 3.84. The van der Waals surface area contributed by atoms with E-state index in [-0.39, 0.29) is 11.5 Å². The first-order valence-corrected chi connectivity index (χ1v) is 6.30. The predicted molar refractivity (Wildman–Crippen MR) is 74.2 cm³/mol. The van der Waals surface area contributed by atoms with Gasteiger partial charge in [0.05, 0.1) is 17.1 Å². The smallest absolute Gasteiger partial charge is 0.276 e. The highest BCUT2D eigenvalue weighted by atomic mass is 16.6. The van der Waals surface area contributed by atoms with E-state index in [1.54, 1.807) is 0 Å². The van der Waals surface area contributed by atoms with Crippen LogP contribution >= 0.6 is 0 Å². The van der Waals surface area contributed by atoms with E-state index in [0.29, 0.717) is 11.9 Å². The minimum atomic E-state index is -0.436.